The molecule has 0 fully saturated rings. The number of methoxy groups -OCH3 is 1. The van der Waals surface area contributed by atoms with E-state index in [4.69, 9.17) is 9.47 Å². The molecule has 1 heterocycles. The summed E-state index contributed by atoms with van der Waals surface area (Å²) in [5.41, 5.74) is 3.48. The first-order valence-corrected chi connectivity index (χ1v) is 7.99. The van der Waals surface area contributed by atoms with Gasteiger partial charge in [-0.15, -0.1) is 0 Å². The van der Waals surface area contributed by atoms with Gasteiger partial charge in [0.1, 0.15) is 12.4 Å². The quantitative estimate of drug-likeness (QED) is 0.621. The smallest absolute Gasteiger partial charge is 0.213 e. The zero-order valence-electron chi connectivity index (χ0n) is 14.2. The summed E-state index contributed by atoms with van der Waals surface area (Å²) in [5, 5.41) is 0. The minimum atomic E-state index is -0.0329. The molecule has 4 nitrogen and oxygen atoms in total. The lowest BCUT2D eigenvalue weighted by Crippen LogP contribution is -1.98. The van der Waals surface area contributed by atoms with Gasteiger partial charge < -0.3 is 9.47 Å². The number of carbonyl (C=O) groups excluding carboxylic acids is 1. The van der Waals surface area contributed by atoms with E-state index in [-0.39, 0.29) is 5.78 Å². The van der Waals surface area contributed by atoms with E-state index < -0.39 is 0 Å². The fourth-order valence-electron chi connectivity index (χ4n) is 2.53. The number of carbonyl (C=O) groups is 1. The Labute approximate surface area is 147 Å². The largest absolute Gasteiger partial charge is 0.496 e. The van der Waals surface area contributed by atoms with Crippen molar-refractivity contribution in [1.29, 1.82) is 0 Å². The van der Waals surface area contributed by atoms with Crippen molar-refractivity contribution in [2.45, 2.75) is 13.5 Å². The molecule has 4 heteroatoms. The molecule has 0 radical (unpaired) electrons. The Morgan fingerprint density at radius 2 is 1.76 bits per heavy atom. The average Bonchev–Trinajstić information content (AvgIpc) is 2.67. The highest BCUT2D eigenvalue weighted by molar-refractivity contribution is 5.98. The molecule has 1 aromatic heterocycles. The predicted molar refractivity (Wildman–Crippen MR) is 97.0 cm³/mol. The van der Waals surface area contributed by atoms with Crippen molar-refractivity contribution in [1.82, 2.24) is 4.98 Å². The normalized spacial score (nSPS) is 10.3. The van der Waals surface area contributed by atoms with Crippen LogP contribution >= 0.6 is 0 Å². The Morgan fingerprint density at radius 1 is 1.00 bits per heavy atom. The van der Waals surface area contributed by atoms with Crippen molar-refractivity contribution >= 4 is 5.78 Å². The van der Waals surface area contributed by atoms with Crippen molar-refractivity contribution in [3.63, 3.8) is 0 Å². The lowest BCUT2D eigenvalue weighted by atomic mass is 10.0. The molecule has 0 amide bonds. The molecule has 0 spiro atoms. The Kier molecular flexibility index (Phi) is 5.09. The molecule has 0 aliphatic rings. The molecule has 0 aliphatic heterocycles. The lowest BCUT2D eigenvalue weighted by molar-refractivity contribution is 0.101. The summed E-state index contributed by atoms with van der Waals surface area (Å²) in [7, 11) is 1.56. The van der Waals surface area contributed by atoms with Crippen LogP contribution in [0.4, 0.5) is 0 Å². The topological polar surface area (TPSA) is 48.4 Å². The second kappa shape index (κ2) is 7.62. The van der Waals surface area contributed by atoms with E-state index in [1.807, 2.05) is 54.6 Å². The zero-order chi connectivity index (χ0) is 17.6. The monoisotopic (exact) mass is 333 g/mol. The van der Waals surface area contributed by atoms with Gasteiger partial charge in [0.2, 0.25) is 5.88 Å². The van der Waals surface area contributed by atoms with Crippen LogP contribution in [0.1, 0.15) is 22.8 Å². The van der Waals surface area contributed by atoms with Gasteiger partial charge in [0, 0.05) is 17.8 Å². The summed E-state index contributed by atoms with van der Waals surface area (Å²) in [6, 6.07) is 19.2. The van der Waals surface area contributed by atoms with E-state index in [0.29, 0.717) is 23.8 Å². The molecular formula is C21H19NO3. The van der Waals surface area contributed by atoms with E-state index in [1.54, 1.807) is 19.4 Å². The molecule has 2 aromatic carbocycles. The number of benzene rings is 2. The van der Waals surface area contributed by atoms with Crippen LogP contribution in [-0.2, 0) is 6.61 Å². The molecule has 0 unspecified atom stereocenters. The summed E-state index contributed by atoms with van der Waals surface area (Å²) in [6.07, 6.45) is 1.74. The standard InChI is InChI=1S/C21H19NO3/c1-15(23)19-12-17(8-10-20(19)24-2)18-9-11-21(22-13-18)25-14-16-6-4-3-5-7-16/h3-13H,14H2,1-2H3. The SMILES string of the molecule is COc1ccc(-c2ccc(OCc3ccccc3)nc2)cc1C(C)=O. The highest BCUT2D eigenvalue weighted by atomic mass is 16.5. The van der Waals surface area contributed by atoms with Gasteiger partial charge in [-0.2, -0.15) is 0 Å². The van der Waals surface area contributed by atoms with Gasteiger partial charge in [0.25, 0.3) is 0 Å². The Balaban J connectivity index is 1.76. The van der Waals surface area contributed by atoms with Gasteiger partial charge in [0.05, 0.1) is 12.7 Å². The Bertz CT molecular complexity index is 858. The molecule has 0 N–H and O–H groups in total. The molecule has 0 aliphatic carbocycles. The van der Waals surface area contributed by atoms with Crippen LogP contribution < -0.4 is 9.47 Å². The van der Waals surface area contributed by atoms with Crippen LogP contribution in [0.5, 0.6) is 11.6 Å². The number of ketones is 1. The Morgan fingerprint density at radius 3 is 2.40 bits per heavy atom. The average molecular weight is 333 g/mol. The summed E-state index contributed by atoms with van der Waals surface area (Å²) in [4.78, 5) is 16.1. The highest BCUT2D eigenvalue weighted by Crippen LogP contribution is 2.27. The van der Waals surface area contributed by atoms with Crippen molar-refractivity contribution in [2.75, 3.05) is 7.11 Å². The van der Waals surface area contributed by atoms with Crippen molar-refractivity contribution in [3.8, 4) is 22.8 Å². The van der Waals surface area contributed by atoms with Crippen molar-refractivity contribution < 1.29 is 14.3 Å². The van der Waals surface area contributed by atoms with Crippen molar-refractivity contribution in [3.05, 3.63) is 78.0 Å². The Hall–Kier alpha value is -3.14. The summed E-state index contributed by atoms with van der Waals surface area (Å²) < 4.78 is 10.9. The van der Waals surface area contributed by atoms with Crippen LogP contribution in [0.15, 0.2) is 66.9 Å². The number of ether oxygens (including phenoxy) is 2. The van der Waals surface area contributed by atoms with Gasteiger partial charge in [-0.05, 0) is 36.2 Å². The van der Waals surface area contributed by atoms with Gasteiger partial charge in [-0.25, -0.2) is 4.98 Å². The molecule has 0 saturated heterocycles. The first kappa shape index (κ1) is 16.7. The molecule has 0 bridgehead atoms. The molecule has 25 heavy (non-hydrogen) atoms. The number of rotatable bonds is 6. The van der Waals surface area contributed by atoms with Crippen LogP contribution in [0.2, 0.25) is 0 Å². The van der Waals surface area contributed by atoms with Gasteiger partial charge in [-0.3, -0.25) is 4.79 Å². The van der Waals surface area contributed by atoms with E-state index >= 15 is 0 Å². The van der Waals surface area contributed by atoms with E-state index in [0.717, 1.165) is 16.7 Å². The van der Waals surface area contributed by atoms with E-state index in [9.17, 15) is 4.79 Å². The number of aromatic nitrogens is 1. The maximum absolute atomic E-state index is 11.8. The van der Waals surface area contributed by atoms with Gasteiger partial charge in [0.15, 0.2) is 5.78 Å². The van der Waals surface area contributed by atoms with Gasteiger partial charge >= 0.3 is 0 Å². The fourth-order valence-corrected chi connectivity index (χ4v) is 2.53. The van der Waals surface area contributed by atoms with Gasteiger partial charge in [-0.1, -0.05) is 36.4 Å². The second-order valence-electron chi connectivity index (χ2n) is 5.63. The third-order valence-corrected chi connectivity index (χ3v) is 3.88. The van der Waals surface area contributed by atoms with Crippen LogP contribution in [0.3, 0.4) is 0 Å². The zero-order valence-corrected chi connectivity index (χ0v) is 14.2. The predicted octanol–water partition coefficient (Wildman–Crippen LogP) is 4.54. The van der Waals surface area contributed by atoms with Crippen LogP contribution in [0.25, 0.3) is 11.1 Å². The number of Topliss-reactive ketones (excluding diaryl/α,β-unsaturated/α-hetero) is 1. The minimum Gasteiger partial charge on any atom is -0.496 e. The maximum atomic E-state index is 11.8. The van der Waals surface area contributed by atoms with Crippen LogP contribution in [-0.4, -0.2) is 17.9 Å². The first-order chi connectivity index (χ1) is 12.2. The van der Waals surface area contributed by atoms with E-state index in [1.165, 1.54) is 6.92 Å². The maximum Gasteiger partial charge on any atom is 0.213 e. The first-order valence-electron chi connectivity index (χ1n) is 7.99. The third-order valence-electron chi connectivity index (χ3n) is 3.88. The van der Waals surface area contributed by atoms with E-state index in [2.05, 4.69) is 4.98 Å². The summed E-state index contributed by atoms with van der Waals surface area (Å²) in [6.45, 7) is 2.00. The molecular weight excluding hydrogens is 314 g/mol. The molecule has 0 saturated carbocycles. The number of nitrogens with zero attached hydrogens (tertiary/aromatic N) is 1. The molecule has 3 aromatic rings. The summed E-state index contributed by atoms with van der Waals surface area (Å²) >= 11 is 0. The van der Waals surface area contributed by atoms with Crippen molar-refractivity contribution in [2.24, 2.45) is 0 Å². The lowest BCUT2D eigenvalue weighted by Gasteiger charge is -2.09. The second-order valence-corrected chi connectivity index (χ2v) is 5.63. The molecule has 0 atom stereocenters. The fraction of sp³-hybridized carbons (Fsp3) is 0.143. The summed E-state index contributed by atoms with van der Waals surface area (Å²) in [5.74, 6) is 1.11. The number of pyridine rings is 1. The third kappa shape index (κ3) is 4.04. The number of hydrogen-bond acceptors (Lipinski definition) is 4. The molecule has 126 valence electrons. The highest BCUT2D eigenvalue weighted by Gasteiger charge is 2.10. The minimum absolute atomic E-state index is 0.0329. The number of hydrogen-bond donors (Lipinski definition) is 0. The molecule has 3 rings (SSSR count). The van der Waals surface area contributed by atoms with Crippen LogP contribution in [0, 0.1) is 0 Å².